The maximum Gasteiger partial charge on any atom is 0.227 e. The summed E-state index contributed by atoms with van der Waals surface area (Å²) in [6.07, 6.45) is 3.37. The molecule has 27 heavy (non-hydrogen) atoms. The summed E-state index contributed by atoms with van der Waals surface area (Å²) in [6, 6.07) is 4.09. The molecule has 3 N–H and O–H groups in total. The minimum Gasteiger partial charge on any atom is -0.354 e. The highest BCUT2D eigenvalue weighted by Gasteiger charge is 2.32. The molecule has 1 aliphatic rings. The van der Waals surface area contributed by atoms with Crippen molar-refractivity contribution in [3.05, 3.63) is 23.9 Å². The van der Waals surface area contributed by atoms with Gasteiger partial charge in [-0.1, -0.05) is 19.9 Å². The van der Waals surface area contributed by atoms with Crippen molar-refractivity contribution in [1.29, 1.82) is 0 Å². The molecule has 0 radical (unpaired) electrons. The number of anilines is 1. The first kappa shape index (κ1) is 28.4. The maximum atomic E-state index is 12.5. The second kappa shape index (κ2) is 13.4. The van der Waals surface area contributed by atoms with Crippen molar-refractivity contribution in [2.24, 2.45) is 11.1 Å². The van der Waals surface area contributed by atoms with E-state index < -0.39 is 5.41 Å². The van der Waals surface area contributed by atoms with Crippen LogP contribution in [0.2, 0.25) is 0 Å². The smallest absolute Gasteiger partial charge is 0.227 e. The third kappa shape index (κ3) is 7.27. The summed E-state index contributed by atoms with van der Waals surface area (Å²) < 4.78 is 0. The minimum absolute atomic E-state index is 0. The van der Waals surface area contributed by atoms with Crippen LogP contribution in [-0.2, 0) is 11.3 Å². The molecule has 9 heteroatoms. The minimum atomic E-state index is -0.451. The van der Waals surface area contributed by atoms with Crippen molar-refractivity contribution in [2.45, 2.75) is 33.2 Å². The van der Waals surface area contributed by atoms with Gasteiger partial charge in [-0.2, -0.15) is 0 Å². The van der Waals surface area contributed by atoms with Gasteiger partial charge in [0, 0.05) is 45.5 Å². The van der Waals surface area contributed by atoms with Crippen molar-refractivity contribution in [1.82, 2.24) is 15.2 Å². The highest BCUT2D eigenvalue weighted by Crippen LogP contribution is 2.25. The molecule has 0 spiro atoms. The fourth-order valence-corrected chi connectivity index (χ4v) is 3.07. The van der Waals surface area contributed by atoms with E-state index in [9.17, 15) is 4.79 Å². The number of nitrogens with two attached hydrogens (primary N) is 1. The number of hydrogen-bond donors (Lipinski definition) is 2. The fourth-order valence-electron chi connectivity index (χ4n) is 3.07. The van der Waals surface area contributed by atoms with Crippen LogP contribution in [0, 0.1) is 5.41 Å². The lowest BCUT2D eigenvalue weighted by Crippen LogP contribution is -2.45. The van der Waals surface area contributed by atoms with Crippen LogP contribution in [-0.4, -0.2) is 55.6 Å². The maximum absolute atomic E-state index is 12.5. The number of pyridine rings is 1. The van der Waals surface area contributed by atoms with Crippen LogP contribution in [0.4, 0.5) is 5.82 Å². The van der Waals surface area contributed by atoms with Gasteiger partial charge in [0.2, 0.25) is 5.91 Å². The number of halogens is 3. The monoisotopic (exact) mass is 441 g/mol. The van der Waals surface area contributed by atoms with Crippen LogP contribution < -0.4 is 16.0 Å². The average molecular weight is 443 g/mol. The number of piperazine rings is 1. The van der Waals surface area contributed by atoms with Gasteiger partial charge in [0.25, 0.3) is 0 Å². The molecule has 0 bridgehead atoms. The Morgan fingerprint density at radius 2 is 1.74 bits per heavy atom. The largest absolute Gasteiger partial charge is 0.354 e. The van der Waals surface area contributed by atoms with E-state index in [1.54, 1.807) is 0 Å². The lowest BCUT2D eigenvalue weighted by atomic mass is 9.81. The number of aromatic nitrogens is 1. The predicted molar refractivity (Wildman–Crippen MR) is 120 cm³/mol. The van der Waals surface area contributed by atoms with E-state index >= 15 is 0 Å². The summed E-state index contributed by atoms with van der Waals surface area (Å²) in [7, 11) is 2.14. The number of carbonyl (C=O) groups excluding carboxylic acids is 1. The van der Waals surface area contributed by atoms with E-state index in [0.717, 1.165) is 50.4 Å². The van der Waals surface area contributed by atoms with Crippen LogP contribution in [0.1, 0.15) is 32.3 Å². The number of hydrogen-bond acceptors (Lipinski definition) is 5. The highest BCUT2D eigenvalue weighted by atomic mass is 35.5. The summed E-state index contributed by atoms with van der Waals surface area (Å²) >= 11 is 0. The Bertz CT molecular complexity index is 524. The van der Waals surface area contributed by atoms with Gasteiger partial charge in [0.1, 0.15) is 5.82 Å². The topological polar surface area (TPSA) is 74.5 Å². The van der Waals surface area contributed by atoms with Gasteiger partial charge in [0.05, 0.1) is 5.41 Å². The summed E-state index contributed by atoms with van der Waals surface area (Å²) in [5.41, 5.74) is 6.39. The molecule has 1 amide bonds. The first-order chi connectivity index (χ1) is 11.5. The molecule has 1 aromatic heterocycles. The second-order valence-corrected chi connectivity index (χ2v) is 6.69. The van der Waals surface area contributed by atoms with Gasteiger partial charge in [-0.05, 0) is 31.5 Å². The van der Waals surface area contributed by atoms with Crippen molar-refractivity contribution in [3.63, 3.8) is 0 Å². The molecular formula is C18H34Cl3N5O. The molecule has 158 valence electrons. The molecule has 0 saturated carbocycles. The number of rotatable bonds is 7. The van der Waals surface area contributed by atoms with Crippen LogP contribution >= 0.6 is 37.2 Å². The Hall–Kier alpha value is -0.790. The molecule has 1 aliphatic heterocycles. The Morgan fingerprint density at radius 3 is 2.19 bits per heavy atom. The Balaban J connectivity index is 0. The molecule has 0 aromatic carbocycles. The lowest BCUT2D eigenvalue weighted by Gasteiger charge is -2.33. The zero-order valence-electron chi connectivity index (χ0n) is 16.4. The van der Waals surface area contributed by atoms with Crippen LogP contribution in [0.5, 0.6) is 0 Å². The molecular weight excluding hydrogens is 409 g/mol. The normalized spacial score (nSPS) is 14.4. The highest BCUT2D eigenvalue weighted by molar-refractivity contribution is 5.86. The van der Waals surface area contributed by atoms with Crippen LogP contribution in [0.15, 0.2) is 18.3 Å². The molecule has 0 unspecified atom stereocenters. The zero-order valence-corrected chi connectivity index (χ0v) is 18.9. The van der Waals surface area contributed by atoms with Crippen LogP contribution in [0.25, 0.3) is 0 Å². The van der Waals surface area contributed by atoms with Crippen molar-refractivity contribution < 1.29 is 4.79 Å². The molecule has 1 fully saturated rings. The number of amides is 1. The van der Waals surface area contributed by atoms with E-state index in [-0.39, 0.29) is 43.1 Å². The van der Waals surface area contributed by atoms with E-state index in [0.29, 0.717) is 13.1 Å². The van der Waals surface area contributed by atoms with Gasteiger partial charge in [-0.3, -0.25) is 4.79 Å². The van der Waals surface area contributed by atoms with Gasteiger partial charge in [-0.15, -0.1) is 37.2 Å². The van der Waals surface area contributed by atoms with Gasteiger partial charge in [0.15, 0.2) is 0 Å². The SMILES string of the molecule is CCC(CC)(CN)C(=O)NCc1ccc(N2CCN(C)CC2)nc1.Cl.Cl.Cl. The first-order valence-electron chi connectivity index (χ1n) is 8.91. The Kier molecular flexibility index (Phi) is 14.1. The van der Waals surface area contributed by atoms with E-state index in [1.807, 2.05) is 32.2 Å². The summed E-state index contributed by atoms with van der Waals surface area (Å²) in [6.45, 7) is 9.05. The molecule has 6 nitrogen and oxygen atoms in total. The summed E-state index contributed by atoms with van der Waals surface area (Å²) in [5.74, 6) is 1.05. The first-order valence-corrected chi connectivity index (χ1v) is 8.91. The van der Waals surface area contributed by atoms with Gasteiger partial charge in [-0.25, -0.2) is 4.98 Å². The molecule has 2 heterocycles. The van der Waals surface area contributed by atoms with Crippen molar-refractivity contribution in [2.75, 3.05) is 44.7 Å². The van der Waals surface area contributed by atoms with Crippen LogP contribution in [0.3, 0.4) is 0 Å². The summed E-state index contributed by atoms with van der Waals surface area (Å²) in [4.78, 5) is 21.6. The van der Waals surface area contributed by atoms with E-state index in [2.05, 4.69) is 27.1 Å². The molecule has 0 atom stereocenters. The predicted octanol–water partition coefficient (Wildman–Crippen LogP) is 2.48. The fraction of sp³-hybridized carbons (Fsp3) is 0.667. The van der Waals surface area contributed by atoms with Crippen molar-refractivity contribution >= 4 is 48.9 Å². The zero-order chi connectivity index (χ0) is 17.6. The molecule has 0 aliphatic carbocycles. The van der Waals surface area contributed by atoms with Gasteiger partial charge >= 0.3 is 0 Å². The molecule has 1 saturated heterocycles. The summed E-state index contributed by atoms with van der Waals surface area (Å²) in [5, 5.41) is 3.02. The second-order valence-electron chi connectivity index (χ2n) is 6.69. The average Bonchev–Trinajstić information content (AvgIpc) is 2.63. The standard InChI is InChI=1S/C18H31N5O.3ClH/c1-4-18(5-2,14-19)17(24)21-13-15-6-7-16(20-12-15)23-10-8-22(3)9-11-23;;;/h6-7,12H,4-5,8-11,13-14,19H2,1-3H3,(H,21,24);3*1H. The third-order valence-corrected chi connectivity index (χ3v) is 5.32. The van der Waals surface area contributed by atoms with Crippen molar-refractivity contribution in [3.8, 4) is 0 Å². The molecule has 1 aromatic rings. The number of carbonyl (C=O) groups is 1. The van der Waals surface area contributed by atoms with Gasteiger partial charge < -0.3 is 20.9 Å². The number of nitrogens with zero attached hydrogens (tertiary/aromatic N) is 3. The Labute approximate surface area is 181 Å². The molecule has 2 rings (SSSR count). The lowest BCUT2D eigenvalue weighted by molar-refractivity contribution is -0.131. The number of nitrogens with one attached hydrogen (secondary N) is 1. The number of likely N-dealkylation sites (N-methyl/N-ethyl adjacent to an activating group) is 1. The quantitative estimate of drug-likeness (QED) is 0.678. The Morgan fingerprint density at radius 1 is 1.15 bits per heavy atom. The van der Waals surface area contributed by atoms with E-state index in [1.165, 1.54) is 0 Å². The third-order valence-electron chi connectivity index (χ3n) is 5.32. The van der Waals surface area contributed by atoms with E-state index in [4.69, 9.17) is 5.73 Å².